The van der Waals surface area contributed by atoms with Crippen LogP contribution in [0.5, 0.6) is 0 Å². The maximum atomic E-state index is 14.3. The number of Topliss-reactive ketones (excluding diaryl/α,β-unsaturated/α-hetero) is 1. The molecule has 0 aromatic carbocycles. The molecule has 8 unspecified atom stereocenters. The molecule has 6 heteroatoms. The molecular weight excluding hydrogens is 474 g/mol. The van der Waals surface area contributed by atoms with Gasteiger partial charge in [0.1, 0.15) is 6.07 Å². The largest absolute Gasteiger partial charge is 0.339 e. The summed E-state index contributed by atoms with van der Waals surface area (Å²) in [6, 6.07) is 2.17. The van der Waals surface area contributed by atoms with Crippen LogP contribution < -0.4 is 0 Å². The molecule has 1 heterocycles. The van der Waals surface area contributed by atoms with Gasteiger partial charge in [-0.05, 0) is 86.5 Å². The number of carbonyl (C=O) groups excluding carboxylic acids is 2. The predicted molar refractivity (Wildman–Crippen MR) is 145 cm³/mol. The van der Waals surface area contributed by atoms with E-state index in [-0.39, 0.29) is 70.4 Å². The van der Waals surface area contributed by atoms with Gasteiger partial charge in [0.2, 0.25) is 5.89 Å². The Morgan fingerprint density at radius 3 is 2.39 bits per heavy atom. The van der Waals surface area contributed by atoms with Gasteiger partial charge in [0.05, 0.1) is 11.0 Å². The van der Waals surface area contributed by atoms with Crippen LogP contribution in [0, 0.1) is 64.1 Å². The van der Waals surface area contributed by atoms with Crippen molar-refractivity contribution >= 4 is 11.6 Å². The number of carbonyl (C=O) groups is 2. The highest BCUT2D eigenvalue weighted by Crippen LogP contribution is 2.69. The smallest absolute Gasteiger partial charge is 0.233 e. The molecule has 204 valence electrons. The van der Waals surface area contributed by atoms with Gasteiger partial charge in [-0.1, -0.05) is 58.9 Å². The fourth-order valence-corrected chi connectivity index (χ4v) is 9.77. The summed E-state index contributed by atoms with van der Waals surface area (Å²) < 4.78 is 5.85. The number of nitriles is 1. The van der Waals surface area contributed by atoms with E-state index in [0.717, 1.165) is 56.4 Å². The summed E-state index contributed by atoms with van der Waals surface area (Å²) in [6.45, 7) is 13.0. The van der Waals surface area contributed by atoms with E-state index in [1.165, 1.54) is 0 Å². The lowest BCUT2D eigenvalue weighted by atomic mass is 9.39. The zero-order valence-electron chi connectivity index (χ0n) is 23.1. The maximum Gasteiger partial charge on any atom is 0.233 e. The van der Waals surface area contributed by atoms with Crippen LogP contribution in [0.4, 0.5) is 0 Å². The second-order valence-corrected chi connectivity index (χ2v) is 14.1. The fourth-order valence-electron chi connectivity index (χ4n) is 9.77. The van der Waals surface area contributed by atoms with Gasteiger partial charge in [-0.25, -0.2) is 0 Å². The highest BCUT2D eigenvalue weighted by Gasteiger charge is 2.65. The molecule has 0 bridgehead atoms. The molecule has 0 radical (unpaired) electrons. The van der Waals surface area contributed by atoms with Crippen molar-refractivity contribution in [3.63, 3.8) is 0 Å². The molecule has 0 N–H and O–H groups in total. The van der Waals surface area contributed by atoms with Gasteiger partial charge in [-0.15, -0.1) is 0 Å². The molecule has 5 aliphatic rings. The minimum atomic E-state index is -0.448. The zero-order valence-corrected chi connectivity index (χ0v) is 23.1. The first kappa shape index (κ1) is 27.0. The number of hydrogen-bond acceptors (Lipinski definition) is 6. The van der Waals surface area contributed by atoms with Crippen LogP contribution in [-0.2, 0) is 15.0 Å². The van der Waals surface area contributed by atoms with Crippen molar-refractivity contribution in [2.75, 3.05) is 0 Å². The molecule has 1 aromatic rings. The van der Waals surface area contributed by atoms with E-state index >= 15 is 0 Å². The van der Waals surface area contributed by atoms with Crippen LogP contribution in [0.3, 0.4) is 0 Å². The minimum absolute atomic E-state index is 0. The molecule has 1 aromatic heterocycles. The van der Waals surface area contributed by atoms with E-state index in [2.05, 4.69) is 38.9 Å². The Labute approximate surface area is 227 Å². The Kier molecular flexibility index (Phi) is 6.03. The first-order valence-electron chi connectivity index (χ1n) is 14.1. The standard InChI is InChI=1S/C31H39N3O3.CH4/c1-17-20-7-9-29(5)21-8-10-31(27-33-18(2)34-37-27)12-11-28(3,4)15-22(31)25(21)23(35)13-24(29)30(20,6)14-19(16-32)26(17)36;/h13-14,17,20-22,25H,7-12,15H2,1-6H3;1H4. The lowest BCUT2D eigenvalue weighted by Gasteiger charge is -2.63. The number of allylic oxidation sites excluding steroid dienone is 4. The van der Waals surface area contributed by atoms with Gasteiger partial charge in [-0.3, -0.25) is 9.59 Å². The summed E-state index contributed by atoms with van der Waals surface area (Å²) >= 11 is 0. The third-order valence-corrected chi connectivity index (χ3v) is 11.7. The molecule has 5 aliphatic carbocycles. The van der Waals surface area contributed by atoms with Crippen molar-refractivity contribution in [3.8, 4) is 6.07 Å². The van der Waals surface area contributed by atoms with E-state index in [1.807, 2.05) is 26.0 Å². The van der Waals surface area contributed by atoms with Crippen molar-refractivity contribution in [1.82, 2.24) is 10.1 Å². The maximum absolute atomic E-state index is 14.3. The number of fused-ring (bicyclic) bond motifs is 7. The van der Waals surface area contributed by atoms with Crippen molar-refractivity contribution in [3.05, 3.63) is 35.0 Å². The molecule has 6 nitrogen and oxygen atoms in total. The highest BCUT2D eigenvalue weighted by atomic mass is 16.5. The van der Waals surface area contributed by atoms with E-state index in [9.17, 15) is 14.9 Å². The minimum Gasteiger partial charge on any atom is -0.339 e. The average molecular weight is 518 g/mol. The molecule has 3 saturated carbocycles. The van der Waals surface area contributed by atoms with Gasteiger partial charge in [-0.2, -0.15) is 10.2 Å². The molecule has 8 atom stereocenters. The van der Waals surface area contributed by atoms with Crippen LogP contribution >= 0.6 is 0 Å². The summed E-state index contributed by atoms with van der Waals surface area (Å²) in [6.07, 6.45) is 10.7. The summed E-state index contributed by atoms with van der Waals surface area (Å²) in [7, 11) is 0. The van der Waals surface area contributed by atoms with Crippen LogP contribution in [-0.4, -0.2) is 21.7 Å². The second kappa shape index (κ2) is 8.47. The average Bonchev–Trinajstić information content (AvgIpc) is 3.29. The molecule has 0 aliphatic heterocycles. The highest BCUT2D eigenvalue weighted by molar-refractivity contribution is 6.02. The first-order chi connectivity index (χ1) is 17.4. The van der Waals surface area contributed by atoms with E-state index in [4.69, 9.17) is 9.51 Å². The number of nitrogens with zero attached hydrogens (tertiary/aromatic N) is 3. The van der Waals surface area contributed by atoms with Crippen LogP contribution in [0.15, 0.2) is 27.8 Å². The Balaban J connectivity index is 0.00000294. The lowest BCUT2D eigenvalue weighted by molar-refractivity contribution is -0.140. The first-order valence-corrected chi connectivity index (χ1v) is 14.1. The topological polar surface area (TPSA) is 96.9 Å². The Hall–Kier alpha value is -2.55. The Bertz CT molecular complexity index is 1300. The van der Waals surface area contributed by atoms with Gasteiger partial charge >= 0.3 is 0 Å². The molecule has 0 spiro atoms. The molecule has 0 saturated heterocycles. The van der Waals surface area contributed by atoms with E-state index in [1.54, 1.807) is 0 Å². The quantitative estimate of drug-likeness (QED) is 0.411. The van der Waals surface area contributed by atoms with Crippen molar-refractivity contribution < 1.29 is 14.1 Å². The summed E-state index contributed by atoms with van der Waals surface area (Å²) in [4.78, 5) is 31.9. The third-order valence-electron chi connectivity index (χ3n) is 11.7. The summed E-state index contributed by atoms with van der Waals surface area (Å²) in [5, 5.41) is 13.9. The number of aromatic nitrogens is 2. The zero-order chi connectivity index (χ0) is 26.5. The van der Waals surface area contributed by atoms with Crippen LogP contribution in [0.1, 0.15) is 98.7 Å². The van der Waals surface area contributed by atoms with Crippen molar-refractivity contribution in [2.24, 2.45) is 45.8 Å². The SMILES string of the molecule is C.Cc1noc(C23CCC4C(C(=O)C=C5C6(C)C=C(C#N)C(=O)C(C)C6CCC54C)C2CC(C)(C)CC3)n1. The Morgan fingerprint density at radius 2 is 1.74 bits per heavy atom. The van der Waals surface area contributed by atoms with Crippen LogP contribution in [0.2, 0.25) is 0 Å². The molecule has 6 rings (SSSR count). The summed E-state index contributed by atoms with van der Waals surface area (Å²) in [5.41, 5.74) is 0.745. The number of ketones is 2. The van der Waals surface area contributed by atoms with E-state index < -0.39 is 5.41 Å². The third kappa shape index (κ3) is 3.42. The monoisotopic (exact) mass is 517 g/mol. The molecule has 38 heavy (non-hydrogen) atoms. The van der Waals surface area contributed by atoms with E-state index in [0.29, 0.717) is 5.82 Å². The lowest BCUT2D eigenvalue weighted by Crippen LogP contribution is -2.60. The van der Waals surface area contributed by atoms with Gasteiger partial charge in [0.15, 0.2) is 17.4 Å². The molecule has 0 amide bonds. The number of hydrogen-bond donors (Lipinski definition) is 0. The number of rotatable bonds is 1. The van der Waals surface area contributed by atoms with Crippen molar-refractivity contribution in [2.45, 2.75) is 99.3 Å². The Morgan fingerprint density at radius 1 is 1.03 bits per heavy atom. The molecule has 3 fully saturated rings. The predicted octanol–water partition coefficient (Wildman–Crippen LogP) is 6.70. The van der Waals surface area contributed by atoms with Gasteiger partial charge < -0.3 is 4.52 Å². The molecular formula is C32H43N3O3. The number of aryl methyl sites for hydroxylation is 1. The second-order valence-electron chi connectivity index (χ2n) is 14.1. The van der Waals surface area contributed by atoms with Crippen molar-refractivity contribution in [1.29, 1.82) is 5.26 Å². The van der Waals surface area contributed by atoms with Gasteiger partial charge in [0.25, 0.3) is 0 Å². The normalized spacial score (nSPS) is 43.2. The van der Waals surface area contributed by atoms with Crippen LogP contribution in [0.25, 0.3) is 0 Å². The van der Waals surface area contributed by atoms with Gasteiger partial charge in [0, 0.05) is 17.3 Å². The summed E-state index contributed by atoms with van der Waals surface area (Å²) in [5.74, 6) is 1.81. The fraction of sp³-hybridized carbons (Fsp3) is 0.719.